The van der Waals surface area contributed by atoms with Gasteiger partial charge in [0.05, 0.1) is 5.69 Å². The molecule has 96 valence electrons. The standard InChI is InChI=1S/C11H19N3O2S/c1-3-9(2)8-13-17(15,16)11-7-5-4-6-10(11)14-12/h4-7,9,13-14H,3,8,12H2,1-2H3. The molecule has 0 aromatic heterocycles. The average molecular weight is 257 g/mol. The molecule has 0 aliphatic heterocycles. The Balaban J connectivity index is 2.89. The lowest BCUT2D eigenvalue weighted by atomic mass is 10.1. The van der Waals surface area contributed by atoms with Crippen LogP contribution in [-0.4, -0.2) is 15.0 Å². The molecule has 0 saturated carbocycles. The summed E-state index contributed by atoms with van der Waals surface area (Å²) in [6, 6.07) is 6.54. The molecule has 0 bridgehead atoms. The summed E-state index contributed by atoms with van der Waals surface area (Å²) in [5.74, 6) is 5.60. The number of benzene rings is 1. The summed E-state index contributed by atoms with van der Waals surface area (Å²) < 4.78 is 26.6. The molecule has 1 unspecified atom stereocenters. The van der Waals surface area contributed by atoms with E-state index in [2.05, 4.69) is 10.1 Å². The van der Waals surface area contributed by atoms with E-state index < -0.39 is 10.0 Å². The molecule has 6 heteroatoms. The minimum Gasteiger partial charge on any atom is -0.323 e. The maximum atomic E-state index is 12.0. The van der Waals surface area contributed by atoms with Crippen LogP contribution in [0.15, 0.2) is 29.2 Å². The molecule has 0 saturated heterocycles. The van der Waals surface area contributed by atoms with Gasteiger partial charge in [0, 0.05) is 6.54 Å². The summed E-state index contributed by atoms with van der Waals surface area (Å²) in [6.45, 7) is 4.45. The van der Waals surface area contributed by atoms with Crippen molar-refractivity contribution in [1.29, 1.82) is 0 Å². The quantitative estimate of drug-likeness (QED) is 0.530. The van der Waals surface area contributed by atoms with Gasteiger partial charge in [-0.05, 0) is 18.1 Å². The molecule has 1 rings (SSSR count). The van der Waals surface area contributed by atoms with Gasteiger partial charge in [0.2, 0.25) is 10.0 Å². The van der Waals surface area contributed by atoms with Gasteiger partial charge in [-0.15, -0.1) is 0 Å². The predicted octanol–water partition coefficient (Wildman–Crippen LogP) is 1.30. The molecule has 0 amide bonds. The first-order valence-corrected chi connectivity index (χ1v) is 7.05. The van der Waals surface area contributed by atoms with Crippen LogP contribution in [0.3, 0.4) is 0 Å². The molecular formula is C11H19N3O2S. The lowest BCUT2D eigenvalue weighted by molar-refractivity contribution is 0.528. The normalized spacial score (nSPS) is 13.4. The smallest absolute Gasteiger partial charge is 0.242 e. The van der Waals surface area contributed by atoms with E-state index in [4.69, 9.17) is 5.84 Å². The maximum absolute atomic E-state index is 12.0. The van der Waals surface area contributed by atoms with Crippen LogP contribution in [0, 0.1) is 5.92 Å². The zero-order valence-corrected chi connectivity index (χ0v) is 10.9. The van der Waals surface area contributed by atoms with Gasteiger partial charge in [0.1, 0.15) is 4.90 Å². The molecular weight excluding hydrogens is 238 g/mol. The van der Waals surface area contributed by atoms with Crippen molar-refractivity contribution >= 4 is 15.7 Å². The van der Waals surface area contributed by atoms with Crippen molar-refractivity contribution in [2.75, 3.05) is 12.0 Å². The van der Waals surface area contributed by atoms with E-state index in [0.717, 1.165) is 6.42 Å². The Morgan fingerprint density at radius 3 is 2.59 bits per heavy atom. The van der Waals surface area contributed by atoms with Crippen LogP contribution in [0.1, 0.15) is 20.3 Å². The Bertz CT molecular complexity index is 460. The van der Waals surface area contributed by atoms with Gasteiger partial charge in [-0.2, -0.15) is 0 Å². The van der Waals surface area contributed by atoms with Gasteiger partial charge in [0.25, 0.3) is 0 Å². The second-order valence-electron chi connectivity index (χ2n) is 4.01. The highest BCUT2D eigenvalue weighted by Crippen LogP contribution is 2.19. The van der Waals surface area contributed by atoms with Crippen LogP contribution >= 0.6 is 0 Å². The third kappa shape index (κ3) is 3.69. The lowest BCUT2D eigenvalue weighted by Crippen LogP contribution is -2.29. The Morgan fingerprint density at radius 2 is 2.00 bits per heavy atom. The molecule has 0 heterocycles. The van der Waals surface area contributed by atoms with E-state index >= 15 is 0 Å². The van der Waals surface area contributed by atoms with Crippen molar-refractivity contribution in [3.8, 4) is 0 Å². The fourth-order valence-electron chi connectivity index (χ4n) is 1.29. The number of anilines is 1. The van der Waals surface area contributed by atoms with Crippen LogP contribution < -0.4 is 16.0 Å². The van der Waals surface area contributed by atoms with Crippen molar-refractivity contribution in [3.63, 3.8) is 0 Å². The van der Waals surface area contributed by atoms with Crippen LogP contribution in [0.25, 0.3) is 0 Å². The molecule has 4 N–H and O–H groups in total. The Morgan fingerprint density at radius 1 is 1.35 bits per heavy atom. The molecule has 5 nitrogen and oxygen atoms in total. The van der Waals surface area contributed by atoms with Crippen molar-refractivity contribution in [1.82, 2.24) is 4.72 Å². The molecule has 0 radical (unpaired) electrons. The van der Waals surface area contributed by atoms with Crippen molar-refractivity contribution in [2.45, 2.75) is 25.2 Å². The zero-order chi connectivity index (χ0) is 12.9. The summed E-state index contributed by atoms with van der Waals surface area (Å²) in [6.07, 6.45) is 0.930. The zero-order valence-electron chi connectivity index (χ0n) is 10.1. The van der Waals surface area contributed by atoms with Gasteiger partial charge in [-0.25, -0.2) is 13.1 Å². The van der Waals surface area contributed by atoms with E-state index in [-0.39, 0.29) is 4.90 Å². The first kappa shape index (κ1) is 14.0. The topological polar surface area (TPSA) is 84.2 Å². The summed E-state index contributed by atoms with van der Waals surface area (Å²) in [5.41, 5.74) is 2.78. The number of hydrogen-bond acceptors (Lipinski definition) is 4. The molecule has 1 atom stereocenters. The van der Waals surface area contributed by atoms with Gasteiger partial charge in [-0.1, -0.05) is 32.4 Å². The number of rotatable bonds is 6. The molecule has 1 aromatic rings. The summed E-state index contributed by atoms with van der Waals surface area (Å²) >= 11 is 0. The number of nitrogens with two attached hydrogens (primary N) is 1. The highest BCUT2D eigenvalue weighted by molar-refractivity contribution is 7.89. The second-order valence-corrected chi connectivity index (χ2v) is 5.74. The number of hydrogen-bond donors (Lipinski definition) is 3. The van der Waals surface area contributed by atoms with E-state index in [1.165, 1.54) is 6.07 Å². The van der Waals surface area contributed by atoms with Gasteiger partial charge in [0.15, 0.2) is 0 Å². The fourth-order valence-corrected chi connectivity index (χ4v) is 2.63. The van der Waals surface area contributed by atoms with E-state index in [1.807, 2.05) is 13.8 Å². The van der Waals surface area contributed by atoms with Crippen LogP contribution in [-0.2, 0) is 10.0 Å². The van der Waals surface area contributed by atoms with Crippen molar-refractivity contribution < 1.29 is 8.42 Å². The van der Waals surface area contributed by atoms with Gasteiger partial charge in [-0.3, -0.25) is 5.84 Å². The van der Waals surface area contributed by atoms with Crippen molar-refractivity contribution in [2.24, 2.45) is 11.8 Å². The SMILES string of the molecule is CCC(C)CNS(=O)(=O)c1ccccc1NN. The highest BCUT2D eigenvalue weighted by Gasteiger charge is 2.17. The molecule has 0 aliphatic carbocycles. The highest BCUT2D eigenvalue weighted by atomic mass is 32.2. The van der Waals surface area contributed by atoms with Gasteiger partial charge >= 0.3 is 0 Å². The molecule has 0 fully saturated rings. The van der Waals surface area contributed by atoms with Crippen LogP contribution in [0.2, 0.25) is 0 Å². The monoisotopic (exact) mass is 257 g/mol. The number of hydrazine groups is 1. The minimum absolute atomic E-state index is 0.172. The number of sulfonamides is 1. The molecule has 17 heavy (non-hydrogen) atoms. The summed E-state index contributed by atoms with van der Waals surface area (Å²) in [5, 5.41) is 0. The Kier molecular flexibility index (Phi) is 4.92. The maximum Gasteiger partial charge on any atom is 0.242 e. The average Bonchev–Trinajstić information content (AvgIpc) is 2.35. The van der Waals surface area contributed by atoms with Crippen molar-refractivity contribution in [3.05, 3.63) is 24.3 Å². The third-order valence-electron chi connectivity index (χ3n) is 2.65. The summed E-state index contributed by atoms with van der Waals surface area (Å²) in [7, 11) is -3.50. The number of nitrogens with one attached hydrogen (secondary N) is 2. The molecule has 1 aromatic carbocycles. The number of para-hydroxylation sites is 1. The van der Waals surface area contributed by atoms with Gasteiger partial charge < -0.3 is 5.43 Å². The predicted molar refractivity (Wildman–Crippen MR) is 68.9 cm³/mol. The Labute approximate surface area is 102 Å². The van der Waals surface area contributed by atoms with E-state index in [0.29, 0.717) is 18.2 Å². The minimum atomic E-state index is -3.50. The third-order valence-corrected chi connectivity index (χ3v) is 4.13. The number of nitrogen functional groups attached to an aromatic ring is 1. The van der Waals surface area contributed by atoms with Crippen LogP contribution in [0.4, 0.5) is 5.69 Å². The molecule has 0 aliphatic rings. The van der Waals surface area contributed by atoms with E-state index in [9.17, 15) is 8.42 Å². The van der Waals surface area contributed by atoms with E-state index in [1.54, 1.807) is 18.2 Å². The Hall–Kier alpha value is -1.11. The first-order valence-electron chi connectivity index (χ1n) is 5.56. The molecule has 0 spiro atoms. The van der Waals surface area contributed by atoms with Crippen LogP contribution in [0.5, 0.6) is 0 Å². The first-order chi connectivity index (χ1) is 8.01. The second kappa shape index (κ2) is 6.00. The summed E-state index contributed by atoms with van der Waals surface area (Å²) in [4.78, 5) is 0.172. The largest absolute Gasteiger partial charge is 0.323 e. The lowest BCUT2D eigenvalue weighted by Gasteiger charge is -2.13. The fraction of sp³-hybridized carbons (Fsp3) is 0.455.